The van der Waals surface area contributed by atoms with Crippen LogP contribution in [0.2, 0.25) is 0 Å². The van der Waals surface area contributed by atoms with E-state index in [4.69, 9.17) is 15.2 Å². The Morgan fingerprint density at radius 3 is 2.62 bits per heavy atom. The lowest BCUT2D eigenvalue weighted by molar-refractivity contribution is 0.146. The lowest BCUT2D eigenvalue weighted by atomic mass is 10.1. The van der Waals surface area contributed by atoms with Gasteiger partial charge in [0.15, 0.2) is 5.13 Å². The summed E-state index contributed by atoms with van der Waals surface area (Å²) >= 11 is 1.39. The predicted molar refractivity (Wildman–Crippen MR) is 84.6 cm³/mol. The van der Waals surface area contributed by atoms with Crippen molar-refractivity contribution < 1.29 is 9.47 Å². The van der Waals surface area contributed by atoms with Gasteiger partial charge in [0.1, 0.15) is 22.7 Å². The molecule has 3 rings (SSSR count). The first-order chi connectivity index (χ1) is 10.3. The van der Waals surface area contributed by atoms with Gasteiger partial charge in [-0.1, -0.05) is 11.3 Å². The number of methoxy groups -OCH3 is 1. The molecule has 2 N–H and O–H groups in total. The molecule has 0 bridgehead atoms. The molecule has 6 heteroatoms. The summed E-state index contributed by atoms with van der Waals surface area (Å²) in [6, 6.07) is 11.7. The molecule has 0 aliphatic heterocycles. The maximum Gasteiger partial charge on any atom is 0.182 e. The number of nitrogens with two attached hydrogens (primary N) is 1. The Morgan fingerprint density at radius 1 is 1.05 bits per heavy atom. The van der Waals surface area contributed by atoms with Gasteiger partial charge in [-0.3, -0.25) is 0 Å². The highest BCUT2D eigenvalue weighted by Gasteiger charge is 2.06. The van der Waals surface area contributed by atoms with Gasteiger partial charge in [0.25, 0.3) is 0 Å². The van der Waals surface area contributed by atoms with E-state index in [0.717, 1.165) is 27.4 Å². The van der Waals surface area contributed by atoms with Crippen LogP contribution in [0.1, 0.15) is 0 Å². The zero-order chi connectivity index (χ0) is 14.7. The number of hydrogen-bond donors (Lipinski definition) is 1. The summed E-state index contributed by atoms with van der Waals surface area (Å²) in [5, 5.41) is 0.538. The van der Waals surface area contributed by atoms with E-state index in [0.29, 0.717) is 18.3 Å². The first-order valence-corrected chi connectivity index (χ1v) is 7.33. The Balaban J connectivity index is 1.81. The van der Waals surface area contributed by atoms with Crippen molar-refractivity contribution in [1.82, 2.24) is 9.97 Å². The van der Waals surface area contributed by atoms with E-state index in [1.807, 2.05) is 36.4 Å². The van der Waals surface area contributed by atoms with E-state index >= 15 is 0 Å². The number of thiazole rings is 1. The molecule has 0 aliphatic rings. The Labute approximate surface area is 126 Å². The summed E-state index contributed by atoms with van der Waals surface area (Å²) in [5.41, 5.74) is 8.46. The molecule has 1 aromatic carbocycles. The summed E-state index contributed by atoms with van der Waals surface area (Å²) in [6.07, 6.45) is 0. The SMILES string of the molecule is COCCOc1ccc(-c2ccc3nc(N)sc3n2)cc1. The molecule has 0 spiro atoms. The van der Waals surface area contributed by atoms with Crippen molar-refractivity contribution in [2.75, 3.05) is 26.1 Å². The number of hydrogen-bond acceptors (Lipinski definition) is 6. The van der Waals surface area contributed by atoms with Crippen LogP contribution in [-0.4, -0.2) is 30.3 Å². The van der Waals surface area contributed by atoms with Gasteiger partial charge in [-0.2, -0.15) is 0 Å². The monoisotopic (exact) mass is 301 g/mol. The van der Waals surface area contributed by atoms with Crippen molar-refractivity contribution in [2.24, 2.45) is 0 Å². The van der Waals surface area contributed by atoms with Gasteiger partial charge in [-0.25, -0.2) is 9.97 Å². The Hall–Kier alpha value is -2.18. The van der Waals surface area contributed by atoms with Crippen molar-refractivity contribution in [1.29, 1.82) is 0 Å². The van der Waals surface area contributed by atoms with Crippen LogP contribution >= 0.6 is 11.3 Å². The Kier molecular flexibility index (Phi) is 3.98. The number of aromatic nitrogens is 2. The number of fused-ring (bicyclic) bond motifs is 1. The summed E-state index contributed by atoms with van der Waals surface area (Å²) in [7, 11) is 1.65. The maximum absolute atomic E-state index is 5.70. The molecule has 0 unspecified atom stereocenters. The second-order valence-electron chi connectivity index (χ2n) is 4.44. The van der Waals surface area contributed by atoms with Crippen LogP contribution in [0.3, 0.4) is 0 Å². The molecule has 21 heavy (non-hydrogen) atoms. The molecule has 108 valence electrons. The number of pyridine rings is 1. The predicted octanol–water partition coefficient (Wildman–Crippen LogP) is 2.97. The van der Waals surface area contributed by atoms with E-state index in [1.165, 1.54) is 11.3 Å². The fraction of sp³-hybridized carbons (Fsp3) is 0.200. The van der Waals surface area contributed by atoms with Crippen LogP contribution in [0.4, 0.5) is 5.13 Å². The standard InChI is InChI=1S/C15H15N3O2S/c1-19-8-9-20-11-4-2-10(3-5-11)12-6-7-13-14(17-12)21-15(16)18-13/h2-7H,8-9H2,1H3,(H2,16,18). The fourth-order valence-electron chi connectivity index (χ4n) is 1.96. The first kappa shape index (κ1) is 13.8. The van der Waals surface area contributed by atoms with Crippen LogP contribution in [0.15, 0.2) is 36.4 Å². The molecule has 0 aliphatic carbocycles. The molecule has 2 aromatic heterocycles. The van der Waals surface area contributed by atoms with Gasteiger partial charge in [0, 0.05) is 12.7 Å². The minimum Gasteiger partial charge on any atom is -0.491 e. The highest BCUT2D eigenvalue weighted by Crippen LogP contribution is 2.26. The van der Waals surface area contributed by atoms with Gasteiger partial charge >= 0.3 is 0 Å². The van der Waals surface area contributed by atoms with Crippen LogP contribution in [0.5, 0.6) is 5.75 Å². The highest BCUT2D eigenvalue weighted by atomic mass is 32.1. The van der Waals surface area contributed by atoms with E-state index in [2.05, 4.69) is 9.97 Å². The van der Waals surface area contributed by atoms with Gasteiger partial charge in [0.05, 0.1) is 12.3 Å². The highest BCUT2D eigenvalue weighted by molar-refractivity contribution is 7.21. The quantitative estimate of drug-likeness (QED) is 0.734. The van der Waals surface area contributed by atoms with Crippen molar-refractivity contribution in [2.45, 2.75) is 0 Å². The van der Waals surface area contributed by atoms with Gasteiger partial charge in [-0.15, -0.1) is 0 Å². The Bertz CT molecular complexity index is 740. The molecule has 3 aromatic rings. The summed E-state index contributed by atoms with van der Waals surface area (Å²) in [5.74, 6) is 0.818. The third kappa shape index (κ3) is 3.12. The summed E-state index contributed by atoms with van der Waals surface area (Å²) in [4.78, 5) is 9.64. The minimum atomic E-state index is 0.538. The normalized spacial score (nSPS) is 10.9. The van der Waals surface area contributed by atoms with Gasteiger partial charge in [-0.05, 0) is 36.4 Å². The molecular weight excluding hydrogens is 286 g/mol. The molecule has 0 atom stereocenters. The fourth-order valence-corrected chi connectivity index (χ4v) is 2.66. The number of rotatable bonds is 5. The molecule has 5 nitrogen and oxygen atoms in total. The molecule has 0 radical (unpaired) electrons. The van der Waals surface area contributed by atoms with Crippen molar-refractivity contribution in [3.05, 3.63) is 36.4 Å². The van der Waals surface area contributed by atoms with Crippen LogP contribution in [0, 0.1) is 0 Å². The molecule has 0 saturated carbocycles. The number of nitrogen functional groups attached to an aromatic ring is 1. The zero-order valence-corrected chi connectivity index (χ0v) is 12.4. The summed E-state index contributed by atoms with van der Waals surface area (Å²) < 4.78 is 10.5. The number of anilines is 1. The van der Waals surface area contributed by atoms with E-state index < -0.39 is 0 Å². The van der Waals surface area contributed by atoms with E-state index in [1.54, 1.807) is 7.11 Å². The lowest BCUT2D eigenvalue weighted by Crippen LogP contribution is -2.03. The van der Waals surface area contributed by atoms with Crippen LogP contribution in [0.25, 0.3) is 21.6 Å². The van der Waals surface area contributed by atoms with Crippen LogP contribution in [-0.2, 0) is 4.74 Å². The van der Waals surface area contributed by atoms with Crippen LogP contribution < -0.4 is 10.5 Å². The van der Waals surface area contributed by atoms with E-state index in [-0.39, 0.29) is 0 Å². The molecule has 0 amide bonds. The van der Waals surface area contributed by atoms with E-state index in [9.17, 15) is 0 Å². The molecule has 0 fully saturated rings. The molecule has 0 saturated heterocycles. The molecular formula is C15H15N3O2S. The zero-order valence-electron chi connectivity index (χ0n) is 11.6. The second kappa shape index (κ2) is 6.07. The first-order valence-electron chi connectivity index (χ1n) is 6.51. The van der Waals surface area contributed by atoms with Crippen molar-refractivity contribution in [3.63, 3.8) is 0 Å². The minimum absolute atomic E-state index is 0.538. The Morgan fingerprint density at radius 2 is 1.86 bits per heavy atom. The van der Waals surface area contributed by atoms with Crippen molar-refractivity contribution >= 4 is 26.8 Å². The topological polar surface area (TPSA) is 70.3 Å². The lowest BCUT2D eigenvalue weighted by Gasteiger charge is -2.06. The van der Waals surface area contributed by atoms with Gasteiger partial charge in [0.2, 0.25) is 0 Å². The maximum atomic E-state index is 5.70. The average molecular weight is 301 g/mol. The van der Waals surface area contributed by atoms with Gasteiger partial charge < -0.3 is 15.2 Å². The third-order valence-electron chi connectivity index (χ3n) is 2.98. The number of nitrogens with zero attached hydrogens (tertiary/aromatic N) is 2. The third-order valence-corrected chi connectivity index (χ3v) is 3.77. The van der Waals surface area contributed by atoms with Crippen molar-refractivity contribution in [3.8, 4) is 17.0 Å². The second-order valence-corrected chi connectivity index (χ2v) is 5.45. The molecule has 2 heterocycles. The largest absolute Gasteiger partial charge is 0.491 e. The number of benzene rings is 1. The summed E-state index contributed by atoms with van der Waals surface area (Å²) in [6.45, 7) is 1.12. The number of ether oxygens (including phenoxy) is 2. The average Bonchev–Trinajstić information content (AvgIpc) is 2.87. The smallest absolute Gasteiger partial charge is 0.182 e.